The number of carbonyl (C=O) groups excluding carboxylic acids is 2. The number of thioether (sulfide) groups is 1. The summed E-state index contributed by atoms with van der Waals surface area (Å²) in [5, 5.41) is 3.02. The molecule has 0 aliphatic heterocycles. The molecule has 0 aliphatic carbocycles. The third-order valence-corrected chi connectivity index (χ3v) is 4.34. The van der Waals surface area contributed by atoms with Gasteiger partial charge in [-0.3, -0.25) is 9.59 Å². The van der Waals surface area contributed by atoms with E-state index < -0.39 is 0 Å². The van der Waals surface area contributed by atoms with Gasteiger partial charge in [-0.1, -0.05) is 23.9 Å². The molecule has 0 radical (unpaired) electrons. The van der Waals surface area contributed by atoms with Crippen LogP contribution in [0.1, 0.15) is 0 Å². The minimum absolute atomic E-state index is 0.104. The highest BCUT2D eigenvalue weighted by molar-refractivity contribution is 7.99. The largest absolute Gasteiger partial charge is 0.431 e. The van der Waals surface area contributed by atoms with Crippen LogP contribution in [0.3, 0.4) is 0 Å². The number of rotatable bonds is 6. The van der Waals surface area contributed by atoms with Gasteiger partial charge < -0.3 is 14.6 Å². The molecule has 0 saturated heterocycles. The van der Waals surface area contributed by atoms with E-state index in [9.17, 15) is 14.0 Å². The van der Waals surface area contributed by atoms with Crippen LogP contribution >= 0.6 is 11.8 Å². The van der Waals surface area contributed by atoms with Crippen LogP contribution in [0.15, 0.2) is 58.2 Å². The Bertz CT molecular complexity index is 894. The summed E-state index contributed by atoms with van der Waals surface area (Å²) in [7, 11) is 1.54. The van der Waals surface area contributed by atoms with E-state index in [1.165, 1.54) is 40.9 Å². The fraction of sp³-hybridized carbons (Fsp3) is 0.167. The summed E-state index contributed by atoms with van der Waals surface area (Å²) in [6.07, 6.45) is 0. The summed E-state index contributed by atoms with van der Waals surface area (Å²) < 4.78 is 18.4. The van der Waals surface area contributed by atoms with Crippen LogP contribution in [-0.2, 0) is 9.59 Å². The smallest absolute Gasteiger partial charge is 0.257 e. The van der Waals surface area contributed by atoms with Crippen molar-refractivity contribution in [3.8, 4) is 0 Å². The van der Waals surface area contributed by atoms with E-state index in [0.717, 1.165) is 5.52 Å². The highest BCUT2D eigenvalue weighted by Crippen LogP contribution is 2.23. The Morgan fingerprint density at radius 3 is 2.65 bits per heavy atom. The lowest BCUT2D eigenvalue weighted by Gasteiger charge is -2.16. The Labute approximate surface area is 153 Å². The number of carbonyl (C=O) groups is 2. The summed E-state index contributed by atoms with van der Waals surface area (Å²) in [6.45, 7) is -0.107. The van der Waals surface area contributed by atoms with Crippen LogP contribution in [0.5, 0.6) is 0 Å². The maximum atomic E-state index is 12.9. The zero-order valence-corrected chi connectivity index (χ0v) is 14.8. The number of halogens is 1. The van der Waals surface area contributed by atoms with Crippen molar-refractivity contribution in [2.24, 2.45) is 0 Å². The van der Waals surface area contributed by atoms with E-state index >= 15 is 0 Å². The Kier molecular flexibility index (Phi) is 5.52. The molecule has 134 valence electrons. The first-order chi connectivity index (χ1) is 12.5. The predicted octanol–water partition coefficient (Wildman–Crippen LogP) is 3.16. The Hall–Kier alpha value is -2.87. The van der Waals surface area contributed by atoms with E-state index in [4.69, 9.17) is 4.42 Å². The van der Waals surface area contributed by atoms with Gasteiger partial charge in [0.2, 0.25) is 11.8 Å². The van der Waals surface area contributed by atoms with Gasteiger partial charge in [0.25, 0.3) is 5.22 Å². The first-order valence-corrected chi connectivity index (χ1v) is 8.77. The Balaban J connectivity index is 1.49. The van der Waals surface area contributed by atoms with E-state index in [-0.39, 0.29) is 29.9 Å². The molecule has 3 rings (SSSR count). The molecule has 6 nitrogen and oxygen atoms in total. The second-order valence-corrected chi connectivity index (χ2v) is 6.47. The van der Waals surface area contributed by atoms with Gasteiger partial charge in [-0.15, -0.1) is 0 Å². The van der Waals surface area contributed by atoms with Gasteiger partial charge in [0.05, 0.1) is 12.3 Å². The van der Waals surface area contributed by atoms with Gasteiger partial charge in [0, 0.05) is 12.7 Å². The number of anilines is 1. The van der Waals surface area contributed by atoms with E-state index in [1.807, 2.05) is 18.2 Å². The average Bonchev–Trinajstić information content (AvgIpc) is 3.04. The number of nitrogens with zero attached hydrogens (tertiary/aromatic N) is 2. The quantitative estimate of drug-likeness (QED) is 0.672. The monoisotopic (exact) mass is 373 g/mol. The summed E-state index contributed by atoms with van der Waals surface area (Å²) in [5.74, 6) is -0.870. The zero-order chi connectivity index (χ0) is 18.5. The molecule has 0 atom stereocenters. The van der Waals surface area contributed by atoms with E-state index in [0.29, 0.717) is 16.5 Å². The van der Waals surface area contributed by atoms with Gasteiger partial charge >= 0.3 is 0 Å². The molecule has 2 aromatic carbocycles. The number of fused-ring (bicyclic) bond motifs is 1. The van der Waals surface area contributed by atoms with Crippen molar-refractivity contribution in [1.29, 1.82) is 0 Å². The van der Waals surface area contributed by atoms with Crippen LogP contribution in [0.4, 0.5) is 10.1 Å². The Morgan fingerprint density at radius 1 is 1.19 bits per heavy atom. The number of oxazole rings is 1. The standard InChI is InChI=1S/C18H16FN3O3S/c1-22(10-16(23)20-13-8-6-12(19)7-9-13)17(24)11-26-18-21-14-4-2-3-5-15(14)25-18/h2-9H,10-11H2,1H3,(H,20,23). The molecule has 0 saturated carbocycles. The molecule has 2 amide bonds. The van der Waals surface area contributed by atoms with Crippen molar-refractivity contribution in [3.63, 3.8) is 0 Å². The van der Waals surface area contributed by atoms with Crippen LogP contribution in [-0.4, -0.2) is 41.0 Å². The second kappa shape index (κ2) is 8.01. The van der Waals surface area contributed by atoms with Gasteiger partial charge in [0.1, 0.15) is 11.3 Å². The SMILES string of the molecule is CN(CC(=O)Nc1ccc(F)cc1)C(=O)CSc1nc2ccccc2o1. The molecular weight excluding hydrogens is 357 g/mol. The number of hydrogen-bond acceptors (Lipinski definition) is 5. The summed E-state index contributed by atoms with van der Waals surface area (Å²) in [5.41, 5.74) is 1.86. The van der Waals surface area contributed by atoms with Crippen molar-refractivity contribution in [2.75, 3.05) is 24.7 Å². The molecule has 1 N–H and O–H groups in total. The number of aromatic nitrogens is 1. The van der Waals surface area contributed by atoms with Gasteiger partial charge in [-0.2, -0.15) is 0 Å². The van der Waals surface area contributed by atoms with Crippen molar-refractivity contribution in [3.05, 3.63) is 54.3 Å². The lowest BCUT2D eigenvalue weighted by Crippen LogP contribution is -2.35. The first-order valence-electron chi connectivity index (χ1n) is 7.79. The van der Waals surface area contributed by atoms with E-state index in [1.54, 1.807) is 13.1 Å². The normalized spacial score (nSPS) is 10.7. The minimum atomic E-state index is -0.383. The molecule has 0 spiro atoms. The molecule has 3 aromatic rings. The molecule has 0 bridgehead atoms. The minimum Gasteiger partial charge on any atom is -0.431 e. The van der Waals surface area contributed by atoms with Crippen molar-refractivity contribution >= 4 is 40.4 Å². The number of benzene rings is 2. The van der Waals surface area contributed by atoms with Crippen LogP contribution in [0.2, 0.25) is 0 Å². The van der Waals surface area contributed by atoms with Crippen LogP contribution in [0.25, 0.3) is 11.1 Å². The molecule has 0 unspecified atom stereocenters. The molecular formula is C18H16FN3O3S. The fourth-order valence-electron chi connectivity index (χ4n) is 2.18. The molecule has 8 heteroatoms. The average molecular weight is 373 g/mol. The van der Waals surface area contributed by atoms with Crippen LogP contribution in [0, 0.1) is 5.82 Å². The van der Waals surface area contributed by atoms with Crippen molar-refractivity contribution in [1.82, 2.24) is 9.88 Å². The van der Waals surface area contributed by atoms with Crippen LogP contribution < -0.4 is 5.32 Å². The lowest BCUT2D eigenvalue weighted by molar-refractivity contribution is -0.131. The first kappa shape index (κ1) is 17.9. The predicted molar refractivity (Wildman–Crippen MR) is 97.4 cm³/mol. The maximum absolute atomic E-state index is 12.9. The third-order valence-electron chi connectivity index (χ3n) is 3.53. The second-order valence-electron chi connectivity index (χ2n) is 5.54. The number of hydrogen-bond donors (Lipinski definition) is 1. The van der Waals surface area contributed by atoms with E-state index in [2.05, 4.69) is 10.3 Å². The van der Waals surface area contributed by atoms with Gasteiger partial charge in [-0.05, 0) is 36.4 Å². The number of para-hydroxylation sites is 2. The molecule has 0 fully saturated rings. The molecule has 1 aromatic heterocycles. The summed E-state index contributed by atoms with van der Waals surface area (Å²) in [6, 6.07) is 12.8. The van der Waals surface area contributed by atoms with Crippen molar-refractivity contribution in [2.45, 2.75) is 5.22 Å². The number of nitrogens with one attached hydrogen (secondary N) is 1. The maximum Gasteiger partial charge on any atom is 0.257 e. The number of amides is 2. The highest BCUT2D eigenvalue weighted by atomic mass is 32.2. The summed E-state index contributed by atoms with van der Waals surface area (Å²) >= 11 is 1.17. The molecule has 26 heavy (non-hydrogen) atoms. The van der Waals surface area contributed by atoms with Gasteiger partial charge in [-0.25, -0.2) is 9.37 Å². The number of likely N-dealkylation sites (N-methyl/N-ethyl adjacent to an activating group) is 1. The lowest BCUT2D eigenvalue weighted by atomic mass is 10.3. The van der Waals surface area contributed by atoms with Gasteiger partial charge in [0.15, 0.2) is 5.58 Å². The summed E-state index contributed by atoms with van der Waals surface area (Å²) in [4.78, 5) is 29.7. The molecule has 1 heterocycles. The van der Waals surface area contributed by atoms with Crippen molar-refractivity contribution < 1.29 is 18.4 Å². The highest BCUT2D eigenvalue weighted by Gasteiger charge is 2.15. The Morgan fingerprint density at radius 2 is 1.92 bits per heavy atom. The zero-order valence-electron chi connectivity index (χ0n) is 13.9. The fourth-order valence-corrected chi connectivity index (χ4v) is 2.96. The third kappa shape index (κ3) is 4.60. The topological polar surface area (TPSA) is 75.4 Å². The molecule has 0 aliphatic rings.